The lowest BCUT2D eigenvalue weighted by Crippen LogP contribution is -2.20. The van der Waals surface area contributed by atoms with Crippen LogP contribution in [0, 0.1) is 18.3 Å². The van der Waals surface area contributed by atoms with Crippen LogP contribution < -0.4 is 4.90 Å². The van der Waals surface area contributed by atoms with Crippen molar-refractivity contribution in [3.63, 3.8) is 0 Å². The quantitative estimate of drug-likeness (QED) is 0.621. The van der Waals surface area contributed by atoms with Gasteiger partial charge in [0.2, 0.25) is 0 Å². The van der Waals surface area contributed by atoms with E-state index >= 15 is 0 Å². The van der Waals surface area contributed by atoms with Crippen LogP contribution in [0.5, 0.6) is 0 Å². The topological polar surface area (TPSA) is 42.4 Å². The number of hydrogen-bond donors (Lipinski definition) is 0. The minimum atomic E-state index is -0.388. The molecule has 0 aromatic carbocycles. The van der Waals surface area contributed by atoms with Crippen molar-refractivity contribution in [2.45, 2.75) is 31.8 Å². The summed E-state index contributed by atoms with van der Waals surface area (Å²) in [6.07, 6.45) is 11.1. The summed E-state index contributed by atoms with van der Waals surface area (Å²) in [6, 6.07) is 3.65. The Morgan fingerprint density at radius 2 is 2.15 bits per heavy atom. The molecular weight excluding hydrogens is 252 g/mol. The highest BCUT2D eigenvalue weighted by atomic mass is 16.5. The molecule has 1 atom stereocenters. The molecule has 0 spiro atoms. The third kappa shape index (κ3) is 2.77. The van der Waals surface area contributed by atoms with Crippen molar-refractivity contribution in [2.24, 2.45) is 5.92 Å². The summed E-state index contributed by atoms with van der Waals surface area (Å²) in [5.74, 6) is 3.45. The molecular formula is C16H18N2O2. The van der Waals surface area contributed by atoms with Gasteiger partial charge in [0.25, 0.3) is 0 Å². The normalized spacial score (nSPS) is 19.4. The summed E-state index contributed by atoms with van der Waals surface area (Å²) in [6.45, 7) is 2.08. The van der Waals surface area contributed by atoms with Crippen molar-refractivity contribution >= 4 is 11.8 Å². The minimum Gasteiger partial charge on any atom is -0.445 e. The number of esters is 1. The molecule has 0 radical (unpaired) electrons. The number of carbonyl (C=O) groups is 1. The number of rotatable bonds is 4. The summed E-state index contributed by atoms with van der Waals surface area (Å²) in [5.41, 5.74) is 0.467. The number of terminal acetylenes is 1. The van der Waals surface area contributed by atoms with Crippen molar-refractivity contribution in [1.82, 2.24) is 4.98 Å². The van der Waals surface area contributed by atoms with E-state index in [-0.39, 0.29) is 12.1 Å². The molecule has 0 bridgehead atoms. The van der Waals surface area contributed by atoms with E-state index in [1.807, 2.05) is 6.07 Å². The summed E-state index contributed by atoms with van der Waals surface area (Å²) >= 11 is 0. The van der Waals surface area contributed by atoms with Crippen molar-refractivity contribution in [2.75, 3.05) is 18.0 Å². The first-order chi connectivity index (χ1) is 9.78. The third-order valence-electron chi connectivity index (χ3n) is 3.86. The highest BCUT2D eigenvalue weighted by molar-refractivity contribution is 5.89. The van der Waals surface area contributed by atoms with Crippen LogP contribution >= 0.6 is 0 Å². The van der Waals surface area contributed by atoms with Gasteiger partial charge in [-0.3, -0.25) is 0 Å². The van der Waals surface area contributed by atoms with Gasteiger partial charge in [0, 0.05) is 25.2 Å². The van der Waals surface area contributed by atoms with Gasteiger partial charge in [-0.05, 0) is 37.8 Å². The Kier molecular flexibility index (Phi) is 3.60. The fraction of sp³-hybridized carbons (Fsp3) is 0.500. The molecule has 2 aliphatic rings. The lowest BCUT2D eigenvalue weighted by atomic mass is 10.2. The molecule has 3 rings (SSSR count). The summed E-state index contributed by atoms with van der Waals surface area (Å²) in [5, 5.41) is 0. The molecule has 0 N–H and O–H groups in total. The molecule has 1 saturated heterocycles. The molecule has 1 aliphatic heterocycles. The number of aromatic nitrogens is 1. The Morgan fingerprint density at radius 1 is 1.40 bits per heavy atom. The van der Waals surface area contributed by atoms with Crippen molar-refractivity contribution in [1.29, 1.82) is 0 Å². The van der Waals surface area contributed by atoms with Crippen LogP contribution in [0.15, 0.2) is 18.3 Å². The fourth-order valence-electron chi connectivity index (χ4n) is 2.49. The zero-order chi connectivity index (χ0) is 13.9. The molecule has 2 fully saturated rings. The van der Waals surface area contributed by atoms with Gasteiger partial charge in [-0.25, -0.2) is 9.78 Å². The second-order valence-electron chi connectivity index (χ2n) is 5.43. The molecule has 1 saturated carbocycles. The Balaban J connectivity index is 1.64. The maximum atomic E-state index is 12.0. The van der Waals surface area contributed by atoms with Gasteiger partial charge in [-0.15, -0.1) is 6.42 Å². The van der Waals surface area contributed by atoms with Gasteiger partial charge in [-0.2, -0.15) is 0 Å². The van der Waals surface area contributed by atoms with Crippen molar-refractivity contribution < 1.29 is 9.53 Å². The van der Waals surface area contributed by atoms with Crippen molar-refractivity contribution in [3.8, 4) is 12.3 Å². The maximum absolute atomic E-state index is 12.0. The van der Waals surface area contributed by atoms with E-state index in [0.717, 1.165) is 31.7 Å². The maximum Gasteiger partial charge on any atom is 0.340 e. The summed E-state index contributed by atoms with van der Waals surface area (Å²) in [4.78, 5) is 18.6. The first-order valence-corrected chi connectivity index (χ1v) is 7.16. The monoisotopic (exact) mass is 270 g/mol. The van der Waals surface area contributed by atoms with Crippen LogP contribution in [0.1, 0.15) is 36.0 Å². The first-order valence-electron chi connectivity index (χ1n) is 7.16. The first kappa shape index (κ1) is 13.0. The third-order valence-corrected chi connectivity index (χ3v) is 3.86. The van der Waals surface area contributed by atoms with E-state index in [1.54, 1.807) is 12.3 Å². The van der Waals surface area contributed by atoms with Gasteiger partial charge in [0.15, 0.2) is 6.10 Å². The SMILES string of the molecule is C#C[C@H](OC(=O)c1ccc(N2CCCC2)nc1)C1CC1. The van der Waals surface area contributed by atoms with Gasteiger partial charge in [0.05, 0.1) is 5.56 Å². The molecule has 1 aromatic rings. The van der Waals surface area contributed by atoms with Crippen LogP contribution in [-0.2, 0) is 4.74 Å². The van der Waals surface area contributed by atoms with E-state index in [2.05, 4.69) is 15.8 Å². The molecule has 1 aliphatic carbocycles. The van der Waals surface area contributed by atoms with Crippen LogP contribution in [0.3, 0.4) is 0 Å². The second-order valence-corrected chi connectivity index (χ2v) is 5.43. The number of pyridine rings is 1. The van der Waals surface area contributed by atoms with Gasteiger partial charge >= 0.3 is 5.97 Å². The Morgan fingerprint density at radius 3 is 2.70 bits per heavy atom. The molecule has 0 amide bonds. The smallest absolute Gasteiger partial charge is 0.340 e. The number of anilines is 1. The Bertz CT molecular complexity index is 522. The molecule has 4 nitrogen and oxygen atoms in total. The molecule has 20 heavy (non-hydrogen) atoms. The van der Waals surface area contributed by atoms with Crippen LogP contribution in [0.4, 0.5) is 5.82 Å². The lowest BCUT2D eigenvalue weighted by Gasteiger charge is -2.16. The minimum absolute atomic E-state index is 0.348. The average Bonchev–Trinajstić information content (AvgIpc) is 3.18. The Labute approximate surface area is 119 Å². The van der Waals surface area contributed by atoms with Gasteiger partial charge in [0.1, 0.15) is 5.82 Å². The molecule has 104 valence electrons. The highest BCUT2D eigenvalue weighted by Gasteiger charge is 2.33. The van der Waals surface area contributed by atoms with E-state index in [4.69, 9.17) is 11.2 Å². The largest absolute Gasteiger partial charge is 0.445 e. The zero-order valence-corrected chi connectivity index (χ0v) is 11.4. The summed E-state index contributed by atoms with van der Waals surface area (Å²) in [7, 11) is 0. The molecule has 4 heteroatoms. The predicted molar refractivity (Wildman–Crippen MR) is 76.4 cm³/mol. The lowest BCUT2D eigenvalue weighted by molar-refractivity contribution is 0.0374. The second kappa shape index (κ2) is 5.54. The Hall–Kier alpha value is -2.02. The van der Waals surface area contributed by atoms with Crippen LogP contribution in [0.25, 0.3) is 0 Å². The average molecular weight is 270 g/mol. The molecule has 1 aromatic heterocycles. The predicted octanol–water partition coefficient (Wildman–Crippen LogP) is 2.25. The molecule has 0 unspecified atom stereocenters. The number of ether oxygens (including phenoxy) is 1. The van der Waals surface area contributed by atoms with Crippen LogP contribution in [0.2, 0.25) is 0 Å². The van der Waals surface area contributed by atoms with E-state index in [0.29, 0.717) is 11.5 Å². The van der Waals surface area contributed by atoms with Gasteiger partial charge in [-0.1, -0.05) is 5.92 Å². The fourth-order valence-corrected chi connectivity index (χ4v) is 2.49. The standard InChI is InChI=1S/C16H18N2O2/c1-2-14(12-5-6-12)20-16(19)13-7-8-15(17-11-13)18-9-3-4-10-18/h1,7-8,11-12,14H,3-6,9-10H2/t14-/m0/s1. The van der Waals surface area contributed by atoms with E-state index < -0.39 is 0 Å². The van der Waals surface area contributed by atoms with Gasteiger partial charge < -0.3 is 9.64 Å². The zero-order valence-electron chi connectivity index (χ0n) is 11.4. The van der Waals surface area contributed by atoms with E-state index in [1.165, 1.54) is 12.8 Å². The number of hydrogen-bond acceptors (Lipinski definition) is 4. The highest BCUT2D eigenvalue weighted by Crippen LogP contribution is 2.34. The van der Waals surface area contributed by atoms with Crippen LogP contribution in [-0.4, -0.2) is 30.1 Å². The number of carbonyl (C=O) groups excluding carboxylic acids is 1. The number of nitrogens with zero attached hydrogens (tertiary/aromatic N) is 2. The van der Waals surface area contributed by atoms with Crippen molar-refractivity contribution in [3.05, 3.63) is 23.9 Å². The summed E-state index contributed by atoms with van der Waals surface area (Å²) < 4.78 is 5.35. The van der Waals surface area contributed by atoms with E-state index in [9.17, 15) is 4.79 Å². The molecule has 2 heterocycles.